The molecule has 2 N–H and O–H groups in total. The Hall–Kier alpha value is -1.03. The lowest BCUT2D eigenvalue weighted by atomic mass is 10.5. The van der Waals surface area contributed by atoms with E-state index in [1.807, 2.05) is 6.92 Å². The molecule has 66 valence electrons. The summed E-state index contributed by atoms with van der Waals surface area (Å²) in [5.41, 5.74) is 5.50. The van der Waals surface area contributed by atoms with Gasteiger partial charge in [0.05, 0.1) is 12.8 Å². The lowest BCUT2D eigenvalue weighted by Gasteiger charge is -2.05. The molecule has 0 atom stereocenters. The van der Waals surface area contributed by atoms with Gasteiger partial charge in [-0.25, -0.2) is 4.98 Å². The number of ether oxygens (including phenoxy) is 1. The van der Waals surface area contributed by atoms with Crippen molar-refractivity contribution in [2.45, 2.75) is 13.3 Å². The van der Waals surface area contributed by atoms with Crippen molar-refractivity contribution >= 4 is 17.4 Å². The number of rotatable bonds is 3. The molecule has 1 rings (SSSR count). The third-order valence-electron chi connectivity index (χ3n) is 1.22. The van der Waals surface area contributed by atoms with E-state index in [2.05, 4.69) is 9.97 Å². The Balaban J connectivity index is 2.72. The van der Waals surface area contributed by atoms with Gasteiger partial charge in [-0.15, -0.1) is 0 Å². The standard InChI is InChI=1S/C7H10ClN3O/c1-2-3-12-5-4-10-7(8)11-6(5)9/h4H,2-3H2,1H3,(H2,9,10,11). The average molecular weight is 188 g/mol. The highest BCUT2D eigenvalue weighted by Crippen LogP contribution is 2.18. The molecule has 0 aliphatic carbocycles. The highest BCUT2D eigenvalue weighted by molar-refractivity contribution is 6.28. The van der Waals surface area contributed by atoms with E-state index in [1.54, 1.807) is 0 Å². The Morgan fingerprint density at radius 2 is 2.42 bits per heavy atom. The van der Waals surface area contributed by atoms with Crippen LogP contribution >= 0.6 is 11.6 Å². The van der Waals surface area contributed by atoms with Gasteiger partial charge in [0.25, 0.3) is 0 Å². The summed E-state index contributed by atoms with van der Waals surface area (Å²) in [4.78, 5) is 7.48. The number of nitrogens with zero attached hydrogens (tertiary/aromatic N) is 2. The molecule has 4 nitrogen and oxygen atoms in total. The molecule has 1 aromatic heterocycles. The second-order valence-corrected chi connectivity index (χ2v) is 2.58. The first-order valence-electron chi connectivity index (χ1n) is 3.65. The van der Waals surface area contributed by atoms with Gasteiger partial charge in [-0.3, -0.25) is 0 Å². The van der Waals surface area contributed by atoms with Crippen molar-refractivity contribution in [2.24, 2.45) is 0 Å². The largest absolute Gasteiger partial charge is 0.488 e. The predicted molar refractivity (Wildman–Crippen MR) is 47.2 cm³/mol. The fraction of sp³-hybridized carbons (Fsp3) is 0.429. The fourth-order valence-corrected chi connectivity index (χ4v) is 0.824. The van der Waals surface area contributed by atoms with E-state index in [9.17, 15) is 0 Å². The minimum Gasteiger partial charge on any atom is -0.488 e. The summed E-state index contributed by atoms with van der Waals surface area (Å²) < 4.78 is 5.23. The van der Waals surface area contributed by atoms with Gasteiger partial charge in [0.2, 0.25) is 5.28 Å². The molecule has 5 heteroatoms. The van der Waals surface area contributed by atoms with Crippen LogP contribution in [0.25, 0.3) is 0 Å². The van der Waals surface area contributed by atoms with Crippen LogP contribution in [0.5, 0.6) is 5.75 Å². The molecule has 0 aliphatic rings. The van der Waals surface area contributed by atoms with Crippen molar-refractivity contribution in [2.75, 3.05) is 12.3 Å². The van der Waals surface area contributed by atoms with Gasteiger partial charge in [-0.05, 0) is 18.0 Å². The number of aromatic nitrogens is 2. The van der Waals surface area contributed by atoms with Crippen molar-refractivity contribution in [1.29, 1.82) is 0 Å². The molecule has 0 amide bonds. The van der Waals surface area contributed by atoms with Gasteiger partial charge in [-0.1, -0.05) is 6.92 Å². The maximum atomic E-state index is 5.50. The van der Waals surface area contributed by atoms with Gasteiger partial charge in [-0.2, -0.15) is 4.98 Å². The first kappa shape index (κ1) is 9.06. The molecule has 0 saturated carbocycles. The second kappa shape index (κ2) is 4.11. The Morgan fingerprint density at radius 1 is 1.67 bits per heavy atom. The van der Waals surface area contributed by atoms with Crippen LogP contribution in [0.1, 0.15) is 13.3 Å². The summed E-state index contributed by atoms with van der Waals surface area (Å²) in [6.45, 7) is 2.61. The van der Waals surface area contributed by atoms with E-state index >= 15 is 0 Å². The summed E-state index contributed by atoms with van der Waals surface area (Å²) >= 11 is 5.49. The molecule has 1 heterocycles. The molecule has 0 aromatic carbocycles. The SMILES string of the molecule is CCCOc1cnc(Cl)nc1N. The Labute approximate surface area is 75.7 Å². The zero-order valence-corrected chi connectivity index (χ0v) is 7.51. The van der Waals surface area contributed by atoms with Crippen LogP contribution < -0.4 is 10.5 Å². The minimum absolute atomic E-state index is 0.136. The normalized spacial score (nSPS) is 9.83. The second-order valence-electron chi connectivity index (χ2n) is 2.24. The smallest absolute Gasteiger partial charge is 0.224 e. The molecule has 0 saturated heterocycles. The Morgan fingerprint density at radius 3 is 3.00 bits per heavy atom. The molecule has 1 aromatic rings. The first-order chi connectivity index (χ1) is 5.74. The topological polar surface area (TPSA) is 61.0 Å². The van der Waals surface area contributed by atoms with Crippen molar-refractivity contribution in [3.8, 4) is 5.75 Å². The number of nitrogens with two attached hydrogens (primary N) is 1. The highest BCUT2D eigenvalue weighted by atomic mass is 35.5. The Bertz CT molecular complexity index is 267. The third kappa shape index (κ3) is 2.23. The third-order valence-corrected chi connectivity index (χ3v) is 1.40. The van der Waals surface area contributed by atoms with E-state index in [4.69, 9.17) is 22.1 Å². The van der Waals surface area contributed by atoms with Crippen LogP contribution in [0.4, 0.5) is 5.82 Å². The van der Waals surface area contributed by atoms with Crippen LogP contribution in [-0.2, 0) is 0 Å². The summed E-state index contributed by atoms with van der Waals surface area (Å²) in [7, 11) is 0. The van der Waals surface area contributed by atoms with Crippen LogP contribution in [0, 0.1) is 0 Å². The average Bonchev–Trinajstić information content (AvgIpc) is 2.03. The first-order valence-corrected chi connectivity index (χ1v) is 4.02. The molecule has 0 radical (unpaired) electrons. The Kier molecular flexibility index (Phi) is 3.10. The summed E-state index contributed by atoms with van der Waals surface area (Å²) in [6.07, 6.45) is 2.39. The quantitative estimate of drug-likeness (QED) is 0.729. The van der Waals surface area contributed by atoms with Crippen LogP contribution in [0.3, 0.4) is 0 Å². The van der Waals surface area contributed by atoms with E-state index in [-0.39, 0.29) is 11.1 Å². The van der Waals surface area contributed by atoms with Crippen LogP contribution in [0.2, 0.25) is 5.28 Å². The monoisotopic (exact) mass is 187 g/mol. The zero-order chi connectivity index (χ0) is 8.97. The zero-order valence-electron chi connectivity index (χ0n) is 6.75. The molecule has 0 aliphatic heterocycles. The maximum absolute atomic E-state index is 5.50. The van der Waals surface area contributed by atoms with Crippen LogP contribution in [-0.4, -0.2) is 16.6 Å². The fourth-order valence-electron chi connectivity index (χ4n) is 0.685. The number of nitrogen functional groups attached to an aromatic ring is 1. The lowest BCUT2D eigenvalue weighted by Crippen LogP contribution is -2.01. The molecule has 12 heavy (non-hydrogen) atoms. The molecule has 0 fully saturated rings. The molecular weight excluding hydrogens is 178 g/mol. The molecule has 0 spiro atoms. The van der Waals surface area contributed by atoms with E-state index < -0.39 is 0 Å². The van der Waals surface area contributed by atoms with Crippen molar-refractivity contribution in [3.05, 3.63) is 11.5 Å². The maximum Gasteiger partial charge on any atom is 0.224 e. The molecule has 0 unspecified atom stereocenters. The van der Waals surface area contributed by atoms with Crippen LogP contribution in [0.15, 0.2) is 6.20 Å². The number of halogens is 1. The summed E-state index contributed by atoms with van der Waals surface area (Å²) in [5.74, 6) is 0.768. The van der Waals surface area contributed by atoms with Gasteiger partial charge in [0, 0.05) is 0 Å². The highest BCUT2D eigenvalue weighted by Gasteiger charge is 2.02. The predicted octanol–water partition coefficient (Wildman–Crippen LogP) is 1.50. The number of hydrogen-bond donors (Lipinski definition) is 1. The number of anilines is 1. The summed E-state index contributed by atoms with van der Waals surface area (Å²) in [5, 5.41) is 0.136. The van der Waals surface area contributed by atoms with Gasteiger partial charge < -0.3 is 10.5 Å². The minimum atomic E-state index is 0.136. The lowest BCUT2D eigenvalue weighted by molar-refractivity contribution is 0.317. The van der Waals surface area contributed by atoms with Crippen molar-refractivity contribution in [3.63, 3.8) is 0 Å². The van der Waals surface area contributed by atoms with E-state index in [1.165, 1.54) is 6.20 Å². The molecule has 0 bridgehead atoms. The molecular formula is C7H10ClN3O. The van der Waals surface area contributed by atoms with Gasteiger partial charge in [0.15, 0.2) is 11.6 Å². The van der Waals surface area contributed by atoms with E-state index in [0.29, 0.717) is 12.4 Å². The van der Waals surface area contributed by atoms with Crippen molar-refractivity contribution < 1.29 is 4.74 Å². The number of hydrogen-bond acceptors (Lipinski definition) is 4. The van der Waals surface area contributed by atoms with Gasteiger partial charge in [0.1, 0.15) is 0 Å². The van der Waals surface area contributed by atoms with Crippen molar-refractivity contribution in [1.82, 2.24) is 9.97 Å². The van der Waals surface area contributed by atoms with E-state index in [0.717, 1.165) is 6.42 Å². The van der Waals surface area contributed by atoms with Gasteiger partial charge >= 0.3 is 0 Å². The summed E-state index contributed by atoms with van der Waals surface area (Å²) in [6, 6.07) is 0.